The molecule has 1 N–H and O–H groups in total. The zero-order valence-electron chi connectivity index (χ0n) is 15.0. The lowest BCUT2D eigenvalue weighted by Gasteiger charge is -2.16. The number of rotatable bonds is 5. The van der Waals surface area contributed by atoms with E-state index in [0.717, 1.165) is 12.8 Å². The monoisotopic (exact) mass is 392 g/mol. The van der Waals surface area contributed by atoms with E-state index in [2.05, 4.69) is 17.5 Å². The lowest BCUT2D eigenvalue weighted by atomic mass is 9.90. The molecule has 1 aliphatic rings. The third kappa shape index (κ3) is 4.02. The molecule has 0 spiro atoms. The average Bonchev–Trinajstić information content (AvgIpc) is 3.04. The number of carbonyl (C=O) groups excluding carboxylic acids is 1. The molecule has 1 aromatic heterocycles. The second-order valence-corrected chi connectivity index (χ2v) is 7.89. The molecule has 1 aliphatic carbocycles. The Kier molecular flexibility index (Phi) is 5.84. The highest BCUT2D eigenvalue weighted by Gasteiger charge is 2.20. The normalized spacial score (nSPS) is 16.4. The quantitative estimate of drug-likeness (QED) is 0.609. The molecule has 5 nitrogen and oxygen atoms in total. The summed E-state index contributed by atoms with van der Waals surface area (Å²) >= 11 is 7.73. The number of fused-ring (bicyclic) bond motifs is 1. The minimum Gasteiger partial charge on any atom is -0.493 e. The fourth-order valence-corrected chi connectivity index (χ4v) is 4.45. The molecule has 0 saturated carbocycles. The summed E-state index contributed by atoms with van der Waals surface area (Å²) in [4.78, 5) is 14.4. The maximum atomic E-state index is 12.3. The number of benzene rings is 1. The van der Waals surface area contributed by atoms with Crippen LogP contribution >= 0.6 is 22.9 Å². The molecule has 2 aromatic rings. The molecule has 0 radical (unpaired) electrons. The first-order valence-corrected chi connectivity index (χ1v) is 9.57. The van der Waals surface area contributed by atoms with Gasteiger partial charge in [0.25, 0.3) is 5.91 Å². The van der Waals surface area contributed by atoms with Crippen molar-refractivity contribution in [2.24, 2.45) is 11.0 Å². The van der Waals surface area contributed by atoms with Crippen LogP contribution in [0.4, 0.5) is 0 Å². The van der Waals surface area contributed by atoms with Crippen molar-refractivity contribution in [3.63, 3.8) is 0 Å². The Labute approximate surface area is 162 Å². The number of aryl methyl sites for hydroxylation is 1. The van der Waals surface area contributed by atoms with E-state index in [1.807, 2.05) is 6.07 Å². The van der Waals surface area contributed by atoms with E-state index in [-0.39, 0.29) is 5.91 Å². The number of thiophene rings is 1. The van der Waals surface area contributed by atoms with Gasteiger partial charge < -0.3 is 9.47 Å². The van der Waals surface area contributed by atoms with Gasteiger partial charge in [-0.3, -0.25) is 4.79 Å². The molecule has 0 aliphatic heterocycles. The molecule has 1 amide bonds. The Balaban J connectivity index is 1.69. The van der Waals surface area contributed by atoms with E-state index >= 15 is 0 Å². The van der Waals surface area contributed by atoms with Crippen LogP contribution in [0.25, 0.3) is 0 Å². The van der Waals surface area contributed by atoms with Gasteiger partial charge in [-0.15, -0.1) is 11.3 Å². The number of methoxy groups -OCH3 is 2. The van der Waals surface area contributed by atoms with E-state index < -0.39 is 0 Å². The van der Waals surface area contributed by atoms with Crippen molar-refractivity contribution in [1.82, 2.24) is 5.43 Å². The molecular weight excluding hydrogens is 372 g/mol. The average molecular weight is 393 g/mol. The second kappa shape index (κ2) is 8.10. The van der Waals surface area contributed by atoms with Crippen LogP contribution in [-0.4, -0.2) is 26.3 Å². The molecule has 0 saturated heterocycles. The van der Waals surface area contributed by atoms with Gasteiger partial charge in [-0.2, -0.15) is 5.10 Å². The topological polar surface area (TPSA) is 59.9 Å². The zero-order valence-corrected chi connectivity index (χ0v) is 16.5. The first-order valence-electron chi connectivity index (χ1n) is 8.38. The first kappa shape index (κ1) is 18.7. The highest BCUT2D eigenvalue weighted by Crippen LogP contribution is 2.35. The summed E-state index contributed by atoms with van der Waals surface area (Å²) in [5, 5.41) is 4.45. The number of nitrogens with one attached hydrogen (secondary N) is 1. The summed E-state index contributed by atoms with van der Waals surface area (Å²) in [5.74, 6) is 1.46. The van der Waals surface area contributed by atoms with Crippen molar-refractivity contribution in [2.45, 2.75) is 26.2 Å². The number of nitrogens with zero attached hydrogens (tertiary/aromatic N) is 1. The van der Waals surface area contributed by atoms with Crippen molar-refractivity contribution in [3.05, 3.63) is 44.1 Å². The maximum absolute atomic E-state index is 12.3. The van der Waals surface area contributed by atoms with Crippen LogP contribution in [0.5, 0.6) is 11.5 Å². The summed E-state index contributed by atoms with van der Waals surface area (Å²) in [5.41, 5.74) is 4.58. The minimum atomic E-state index is -0.195. The van der Waals surface area contributed by atoms with E-state index in [1.54, 1.807) is 23.5 Å². The van der Waals surface area contributed by atoms with Gasteiger partial charge in [-0.1, -0.05) is 18.5 Å². The largest absolute Gasteiger partial charge is 0.493 e. The van der Waals surface area contributed by atoms with Gasteiger partial charge >= 0.3 is 0 Å². The molecule has 7 heteroatoms. The highest BCUT2D eigenvalue weighted by molar-refractivity contribution is 7.14. The van der Waals surface area contributed by atoms with Crippen LogP contribution in [0.1, 0.15) is 39.0 Å². The summed E-state index contributed by atoms with van der Waals surface area (Å²) < 4.78 is 10.5. The van der Waals surface area contributed by atoms with Crippen molar-refractivity contribution in [2.75, 3.05) is 14.2 Å². The fourth-order valence-electron chi connectivity index (χ4n) is 3.05. The van der Waals surface area contributed by atoms with Gasteiger partial charge in [0.05, 0.1) is 30.3 Å². The molecule has 0 bridgehead atoms. The predicted octanol–water partition coefficient (Wildman–Crippen LogP) is 4.31. The molecule has 0 unspecified atom stereocenters. The van der Waals surface area contributed by atoms with Gasteiger partial charge in [0.1, 0.15) is 0 Å². The van der Waals surface area contributed by atoms with Crippen LogP contribution < -0.4 is 14.9 Å². The zero-order chi connectivity index (χ0) is 18.7. The van der Waals surface area contributed by atoms with Gasteiger partial charge in [-0.25, -0.2) is 5.43 Å². The molecule has 1 aromatic carbocycles. The maximum Gasteiger partial charge on any atom is 0.281 e. The van der Waals surface area contributed by atoms with Crippen LogP contribution in [0.3, 0.4) is 0 Å². The Morgan fingerprint density at radius 3 is 2.88 bits per heavy atom. The number of halogens is 1. The third-order valence-electron chi connectivity index (χ3n) is 4.39. The Bertz CT molecular complexity index is 848. The molecule has 138 valence electrons. The molecule has 1 atom stereocenters. The summed E-state index contributed by atoms with van der Waals surface area (Å²) in [6.07, 6.45) is 4.82. The predicted molar refractivity (Wildman–Crippen MR) is 105 cm³/mol. The summed E-state index contributed by atoms with van der Waals surface area (Å²) in [6, 6.07) is 5.43. The van der Waals surface area contributed by atoms with E-state index in [4.69, 9.17) is 21.1 Å². The van der Waals surface area contributed by atoms with Gasteiger partial charge in [0.15, 0.2) is 11.5 Å². The molecule has 0 fully saturated rings. The molecule has 3 rings (SSSR count). The smallest absolute Gasteiger partial charge is 0.281 e. The van der Waals surface area contributed by atoms with Gasteiger partial charge in [0, 0.05) is 4.88 Å². The molecule has 1 heterocycles. The summed E-state index contributed by atoms with van der Waals surface area (Å²) in [6.45, 7) is 2.25. The minimum absolute atomic E-state index is 0.195. The summed E-state index contributed by atoms with van der Waals surface area (Å²) in [7, 11) is 3.06. The number of carbonyl (C=O) groups is 1. The van der Waals surface area contributed by atoms with E-state index in [9.17, 15) is 4.79 Å². The highest BCUT2D eigenvalue weighted by atomic mass is 35.5. The van der Waals surface area contributed by atoms with Crippen molar-refractivity contribution in [1.29, 1.82) is 0 Å². The van der Waals surface area contributed by atoms with Crippen LogP contribution in [0.2, 0.25) is 5.02 Å². The van der Waals surface area contributed by atoms with Gasteiger partial charge in [-0.05, 0) is 54.5 Å². The van der Waals surface area contributed by atoms with Crippen LogP contribution in [0, 0.1) is 5.92 Å². The van der Waals surface area contributed by atoms with E-state index in [0.29, 0.717) is 32.9 Å². The standard InChI is InChI=1S/C19H21ClN2O3S/c1-11-4-5-16-13(6-11)9-17(26-16)19(23)22-21-10-12-7-14(20)18(25-3)15(8-12)24-2/h7-11H,4-6H2,1-3H3,(H,22,23)/b21-10-/t11-/m0/s1. The third-order valence-corrected chi connectivity index (χ3v) is 5.91. The number of ether oxygens (including phenoxy) is 2. The van der Waals surface area contributed by atoms with Gasteiger partial charge in [0.2, 0.25) is 0 Å². The number of hydrazone groups is 1. The first-order chi connectivity index (χ1) is 12.5. The molecule has 26 heavy (non-hydrogen) atoms. The van der Waals surface area contributed by atoms with Crippen molar-refractivity contribution < 1.29 is 14.3 Å². The number of amides is 1. The van der Waals surface area contributed by atoms with Crippen molar-refractivity contribution in [3.8, 4) is 11.5 Å². The second-order valence-electron chi connectivity index (χ2n) is 6.34. The number of hydrogen-bond acceptors (Lipinski definition) is 5. The Hall–Kier alpha value is -2.05. The van der Waals surface area contributed by atoms with Crippen LogP contribution in [-0.2, 0) is 12.8 Å². The van der Waals surface area contributed by atoms with Crippen molar-refractivity contribution >= 4 is 35.1 Å². The SMILES string of the molecule is COc1cc(/C=N\NC(=O)c2cc3c(s2)CC[C@H](C)C3)cc(Cl)c1OC. The molecular formula is C19H21ClN2O3S. The number of hydrogen-bond donors (Lipinski definition) is 1. The Morgan fingerprint density at radius 2 is 2.15 bits per heavy atom. The lowest BCUT2D eigenvalue weighted by molar-refractivity contribution is 0.0959. The lowest BCUT2D eigenvalue weighted by Crippen LogP contribution is -2.16. The van der Waals surface area contributed by atoms with E-state index in [1.165, 1.54) is 37.3 Å². The van der Waals surface area contributed by atoms with Crippen LogP contribution in [0.15, 0.2) is 23.3 Å². The Morgan fingerprint density at radius 1 is 1.35 bits per heavy atom. The fraction of sp³-hybridized carbons (Fsp3) is 0.368.